The maximum Gasteiger partial charge on any atom is 0.338 e. The Morgan fingerprint density at radius 3 is 2.76 bits per heavy atom. The molecule has 4 heterocycles. The minimum absolute atomic E-state index is 0.211. The van der Waals surface area contributed by atoms with E-state index in [1.807, 2.05) is 24.3 Å². The first-order valence-electron chi connectivity index (χ1n) is 11.9. The number of rotatable bonds is 6. The molecule has 1 fully saturated rings. The number of hydrogen-bond acceptors (Lipinski definition) is 9. The average molecular weight is 588 g/mol. The fourth-order valence-electron chi connectivity index (χ4n) is 4.46. The zero-order valence-corrected chi connectivity index (χ0v) is 23.1. The predicted molar refractivity (Wildman–Crippen MR) is 143 cm³/mol. The van der Waals surface area contributed by atoms with E-state index in [1.54, 1.807) is 37.7 Å². The van der Waals surface area contributed by atoms with Crippen molar-refractivity contribution in [1.82, 2.24) is 4.57 Å². The molecule has 0 amide bonds. The molecule has 2 aliphatic rings. The third kappa shape index (κ3) is 4.90. The van der Waals surface area contributed by atoms with Gasteiger partial charge in [-0.05, 0) is 53.5 Å². The summed E-state index contributed by atoms with van der Waals surface area (Å²) >= 11 is 4.78. The summed E-state index contributed by atoms with van der Waals surface area (Å²) < 4.78 is 24.9. The number of hydrogen-bond donors (Lipinski definition) is 0. The first kappa shape index (κ1) is 25.5. The number of esters is 1. The predicted octanol–water partition coefficient (Wildman–Crippen LogP) is 3.00. The lowest BCUT2D eigenvalue weighted by atomic mass is 9.96. The van der Waals surface area contributed by atoms with Gasteiger partial charge < -0.3 is 23.5 Å². The SMILES string of the molecule is CCOC(=O)C1=C(C)N=c2s/c(=C/c3ccc(N4CCOCC4)o3)c(=O)n2C1c1ccc(OC)c(Br)c1. The first-order chi connectivity index (χ1) is 17.9. The molecule has 0 aliphatic carbocycles. The molecule has 1 atom stereocenters. The number of carbonyl (C=O) groups excluding carboxylic acids is 1. The average Bonchev–Trinajstić information content (AvgIpc) is 3.48. The molecule has 2 aliphatic heterocycles. The smallest absolute Gasteiger partial charge is 0.338 e. The number of ether oxygens (including phenoxy) is 3. The molecule has 11 heteroatoms. The van der Waals surface area contributed by atoms with Crippen LogP contribution in [-0.4, -0.2) is 50.6 Å². The second-order valence-corrected chi connectivity index (χ2v) is 10.3. The molecular formula is C26H26BrN3O6S. The highest BCUT2D eigenvalue weighted by atomic mass is 79.9. The van der Waals surface area contributed by atoms with E-state index < -0.39 is 12.0 Å². The van der Waals surface area contributed by atoms with Gasteiger partial charge in [0.25, 0.3) is 5.56 Å². The highest BCUT2D eigenvalue weighted by Gasteiger charge is 2.33. The molecular weight excluding hydrogens is 562 g/mol. The third-order valence-corrected chi connectivity index (χ3v) is 7.82. The van der Waals surface area contributed by atoms with Gasteiger partial charge in [-0.3, -0.25) is 9.36 Å². The van der Waals surface area contributed by atoms with Crippen LogP contribution < -0.4 is 24.5 Å². The van der Waals surface area contributed by atoms with Crippen molar-refractivity contribution in [3.8, 4) is 5.75 Å². The lowest BCUT2D eigenvalue weighted by Crippen LogP contribution is -2.39. The van der Waals surface area contributed by atoms with Crippen molar-refractivity contribution in [3.05, 3.63) is 77.1 Å². The van der Waals surface area contributed by atoms with Crippen molar-refractivity contribution >= 4 is 45.2 Å². The van der Waals surface area contributed by atoms with Gasteiger partial charge in [0, 0.05) is 25.2 Å². The van der Waals surface area contributed by atoms with Gasteiger partial charge in [0.2, 0.25) is 0 Å². The number of morpholine rings is 1. The summed E-state index contributed by atoms with van der Waals surface area (Å²) in [6.45, 7) is 6.52. The number of aromatic nitrogens is 1. The van der Waals surface area contributed by atoms with Crippen LogP contribution in [0.5, 0.6) is 5.75 Å². The summed E-state index contributed by atoms with van der Waals surface area (Å²) in [5.74, 6) is 1.44. The number of nitrogens with zero attached hydrogens (tertiary/aromatic N) is 3. The molecule has 0 N–H and O–H groups in total. The Hall–Kier alpha value is -3.15. The van der Waals surface area contributed by atoms with Crippen LogP contribution in [0, 0.1) is 0 Å². The molecule has 194 valence electrons. The van der Waals surface area contributed by atoms with Crippen molar-refractivity contribution in [2.24, 2.45) is 4.99 Å². The summed E-state index contributed by atoms with van der Waals surface area (Å²) in [4.78, 5) is 34.0. The molecule has 3 aromatic rings. The van der Waals surface area contributed by atoms with Gasteiger partial charge in [-0.2, -0.15) is 0 Å². The van der Waals surface area contributed by atoms with E-state index in [2.05, 4.69) is 25.8 Å². The number of carbonyl (C=O) groups is 1. The fourth-order valence-corrected chi connectivity index (χ4v) is 6.05. The Morgan fingerprint density at radius 1 is 1.27 bits per heavy atom. The van der Waals surface area contributed by atoms with Gasteiger partial charge >= 0.3 is 5.97 Å². The number of thiazole rings is 1. The Labute approximate surface area is 225 Å². The molecule has 0 bridgehead atoms. The van der Waals surface area contributed by atoms with E-state index in [9.17, 15) is 9.59 Å². The van der Waals surface area contributed by atoms with Crippen LogP contribution in [0.25, 0.3) is 6.08 Å². The van der Waals surface area contributed by atoms with E-state index in [-0.39, 0.29) is 12.2 Å². The Bertz CT molecular complexity index is 1550. The maximum atomic E-state index is 13.8. The number of halogens is 1. The maximum absolute atomic E-state index is 13.8. The van der Waals surface area contributed by atoms with Crippen molar-refractivity contribution in [2.45, 2.75) is 19.9 Å². The highest BCUT2D eigenvalue weighted by Crippen LogP contribution is 2.35. The van der Waals surface area contributed by atoms with E-state index in [4.69, 9.17) is 18.6 Å². The van der Waals surface area contributed by atoms with Crippen LogP contribution in [0.3, 0.4) is 0 Å². The normalized spacial score (nSPS) is 18.0. The zero-order chi connectivity index (χ0) is 26.1. The van der Waals surface area contributed by atoms with Crippen LogP contribution in [0.1, 0.15) is 31.2 Å². The minimum atomic E-state index is -0.708. The van der Waals surface area contributed by atoms with E-state index in [0.29, 0.717) is 49.8 Å². The Kier molecular flexibility index (Phi) is 7.36. The zero-order valence-electron chi connectivity index (χ0n) is 20.7. The van der Waals surface area contributed by atoms with Gasteiger partial charge in [-0.1, -0.05) is 17.4 Å². The number of methoxy groups -OCH3 is 1. The summed E-state index contributed by atoms with van der Waals surface area (Å²) in [5, 5.41) is 0. The Balaban J connectivity index is 1.62. The Morgan fingerprint density at radius 2 is 2.05 bits per heavy atom. The monoisotopic (exact) mass is 587 g/mol. The minimum Gasteiger partial charge on any atom is -0.496 e. The number of furan rings is 1. The number of fused-ring (bicyclic) bond motifs is 1. The van der Waals surface area contributed by atoms with Crippen molar-refractivity contribution in [1.29, 1.82) is 0 Å². The van der Waals surface area contributed by atoms with E-state index in [0.717, 1.165) is 24.5 Å². The second kappa shape index (κ2) is 10.7. The van der Waals surface area contributed by atoms with Gasteiger partial charge in [0.05, 0.1) is 53.2 Å². The topological polar surface area (TPSA) is 95.5 Å². The standard InChI is InChI=1S/C26H26BrN3O6S/c1-4-35-25(32)22-15(2)28-26-30(23(22)16-5-7-19(33-3)18(27)13-16)24(31)20(37-26)14-17-6-8-21(36-17)29-9-11-34-12-10-29/h5-8,13-14,23H,4,9-12H2,1-3H3/b20-14+. The number of benzene rings is 1. The number of allylic oxidation sites excluding steroid dienone is 1. The molecule has 5 rings (SSSR count). The van der Waals surface area contributed by atoms with Crippen LogP contribution in [0.4, 0.5) is 5.88 Å². The summed E-state index contributed by atoms with van der Waals surface area (Å²) in [5.41, 5.74) is 1.30. The highest BCUT2D eigenvalue weighted by molar-refractivity contribution is 9.10. The quantitative estimate of drug-likeness (QED) is 0.409. The molecule has 1 unspecified atom stereocenters. The second-order valence-electron chi connectivity index (χ2n) is 8.47. The van der Waals surface area contributed by atoms with Gasteiger partial charge in [-0.25, -0.2) is 9.79 Å². The summed E-state index contributed by atoms with van der Waals surface area (Å²) in [6, 6.07) is 8.51. The van der Waals surface area contributed by atoms with Gasteiger partial charge in [-0.15, -0.1) is 0 Å². The first-order valence-corrected chi connectivity index (χ1v) is 13.5. The molecule has 0 radical (unpaired) electrons. The van der Waals surface area contributed by atoms with Crippen molar-refractivity contribution in [3.63, 3.8) is 0 Å². The van der Waals surface area contributed by atoms with Crippen LogP contribution in [0.15, 0.2) is 60.3 Å². The summed E-state index contributed by atoms with van der Waals surface area (Å²) in [7, 11) is 1.58. The molecule has 9 nitrogen and oxygen atoms in total. The van der Waals surface area contributed by atoms with Crippen LogP contribution in [-0.2, 0) is 14.3 Å². The van der Waals surface area contributed by atoms with Crippen LogP contribution in [0.2, 0.25) is 0 Å². The van der Waals surface area contributed by atoms with Gasteiger partial charge in [0.1, 0.15) is 11.5 Å². The summed E-state index contributed by atoms with van der Waals surface area (Å²) in [6.07, 6.45) is 1.72. The van der Waals surface area contributed by atoms with E-state index in [1.165, 1.54) is 11.3 Å². The molecule has 1 saturated heterocycles. The lowest BCUT2D eigenvalue weighted by molar-refractivity contribution is -0.139. The molecule has 0 saturated carbocycles. The molecule has 1 aromatic carbocycles. The lowest BCUT2D eigenvalue weighted by Gasteiger charge is -2.26. The van der Waals surface area contributed by atoms with Crippen molar-refractivity contribution < 1.29 is 23.4 Å². The number of anilines is 1. The fraction of sp³-hybridized carbons (Fsp3) is 0.346. The van der Waals surface area contributed by atoms with Crippen molar-refractivity contribution in [2.75, 3.05) is 44.9 Å². The third-order valence-electron chi connectivity index (χ3n) is 6.22. The van der Waals surface area contributed by atoms with Crippen LogP contribution >= 0.6 is 27.3 Å². The van der Waals surface area contributed by atoms with Gasteiger partial charge in [0.15, 0.2) is 10.7 Å². The molecule has 2 aromatic heterocycles. The largest absolute Gasteiger partial charge is 0.496 e. The van der Waals surface area contributed by atoms with E-state index >= 15 is 0 Å². The molecule has 37 heavy (non-hydrogen) atoms. The molecule has 0 spiro atoms.